The van der Waals surface area contributed by atoms with Gasteiger partial charge in [0.25, 0.3) is 11.8 Å². The van der Waals surface area contributed by atoms with Crippen molar-refractivity contribution in [2.24, 2.45) is 0 Å². The van der Waals surface area contributed by atoms with Gasteiger partial charge in [0.15, 0.2) is 0 Å². The van der Waals surface area contributed by atoms with Crippen LogP contribution in [-0.4, -0.2) is 54.5 Å². The zero-order chi connectivity index (χ0) is 20.8. The average Bonchev–Trinajstić information content (AvgIpc) is 2.95. The van der Waals surface area contributed by atoms with Gasteiger partial charge in [-0.2, -0.15) is 0 Å². The number of rotatable bonds is 9. The summed E-state index contributed by atoms with van der Waals surface area (Å²) in [4.78, 5) is 30.2. The van der Waals surface area contributed by atoms with Crippen molar-refractivity contribution in [1.29, 1.82) is 0 Å². The van der Waals surface area contributed by atoms with Crippen LogP contribution in [0.15, 0.2) is 23.9 Å². The minimum atomic E-state index is -0.142. The molecule has 0 aromatic heterocycles. The molecule has 2 heterocycles. The van der Waals surface area contributed by atoms with E-state index in [1.54, 1.807) is 0 Å². The molecule has 29 heavy (non-hydrogen) atoms. The van der Waals surface area contributed by atoms with Gasteiger partial charge in [-0.25, -0.2) is 0 Å². The summed E-state index contributed by atoms with van der Waals surface area (Å²) in [5.74, 6) is -0.280. The van der Waals surface area contributed by atoms with Gasteiger partial charge in [-0.3, -0.25) is 14.5 Å². The molecule has 1 fully saturated rings. The monoisotopic (exact) mass is 398 g/mol. The van der Waals surface area contributed by atoms with Gasteiger partial charge < -0.3 is 9.64 Å². The first kappa shape index (κ1) is 21.6. The average molecular weight is 399 g/mol. The standard InChI is InChI=1S/C24H34N2O3/c1-4-5-6-7-8-9-12-26-23(27)21(20-11-10-18(2)17-19(20)3)22(24(26)28)25-13-15-29-16-14-25/h10-11,17H,4-9,12-16H2,1-3H3. The molecule has 1 saturated heterocycles. The van der Waals surface area contributed by atoms with Gasteiger partial charge in [-0.05, 0) is 31.4 Å². The first-order chi connectivity index (χ1) is 14.0. The van der Waals surface area contributed by atoms with Crippen LogP contribution in [0.2, 0.25) is 0 Å². The molecule has 5 nitrogen and oxygen atoms in total. The molecular weight excluding hydrogens is 364 g/mol. The van der Waals surface area contributed by atoms with Gasteiger partial charge in [-0.1, -0.05) is 62.8 Å². The summed E-state index contributed by atoms with van der Waals surface area (Å²) in [5, 5.41) is 0. The molecule has 0 radical (unpaired) electrons. The van der Waals surface area contributed by atoms with Crippen LogP contribution in [-0.2, 0) is 14.3 Å². The Labute approximate surface area is 174 Å². The lowest BCUT2D eigenvalue weighted by atomic mass is 9.97. The highest BCUT2D eigenvalue weighted by molar-refractivity contribution is 6.35. The van der Waals surface area contributed by atoms with Crippen LogP contribution in [0.3, 0.4) is 0 Å². The predicted molar refractivity (Wildman–Crippen MR) is 115 cm³/mol. The van der Waals surface area contributed by atoms with Crippen molar-refractivity contribution in [3.8, 4) is 0 Å². The lowest BCUT2D eigenvalue weighted by Crippen LogP contribution is -2.40. The van der Waals surface area contributed by atoms with Gasteiger partial charge in [0.1, 0.15) is 5.70 Å². The van der Waals surface area contributed by atoms with Crippen LogP contribution in [0, 0.1) is 13.8 Å². The Kier molecular flexibility index (Phi) is 7.48. The van der Waals surface area contributed by atoms with Crippen molar-refractivity contribution < 1.29 is 14.3 Å². The van der Waals surface area contributed by atoms with Crippen LogP contribution in [0.1, 0.15) is 62.1 Å². The summed E-state index contributed by atoms with van der Waals surface area (Å²) in [7, 11) is 0. The van der Waals surface area contributed by atoms with Crippen LogP contribution >= 0.6 is 0 Å². The minimum absolute atomic E-state index is 0.138. The topological polar surface area (TPSA) is 49.9 Å². The Morgan fingerprint density at radius 2 is 1.62 bits per heavy atom. The number of hydrogen-bond acceptors (Lipinski definition) is 4. The molecule has 0 unspecified atom stereocenters. The Bertz CT molecular complexity index is 778. The number of carbonyl (C=O) groups excluding carboxylic acids is 2. The third-order valence-corrected chi connectivity index (χ3v) is 5.86. The number of imide groups is 1. The van der Waals surface area contributed by atoms with E-state index >= 15 is 0 Å². The summed E-state index contributed by atoms with van der Waals surface area (Å²) in [6, 6.07) is 6.08. The highest BCUT2D eigenvalue weighted by Crippen LogP contribution is 2.34. The number of carbonyl (C=O) groups is 2. The second-order valence-corrected chi connectivity index (χ2v) is 8.17. The summed E-state index contributed by atoms with van der Waals surface area (Å²) >= 11 is 0. The molecule has 0 aliphatic carbocycles. The first-order valence-electron chi connectivity index (χ1n) is 11.1. The molecular formula is C24H34N2O3. The van der Waals surface area contributed by atoms with E-state index < -0.39 is 0 Å². The quantitative estimate of drug-likeness (QED) is 0.465. The molecule has 1 aromatic carbocycles. The van der Waals surface area contributed by atoms with E-state index in [9.17, 15) is 9.59 Å². The van der Waals surface area contributed by atoms with Crippen molar-refractivity contribution in [3.63, 3.8) is 0 Å². The summed E-state index contributed by atoms with van der Waals surface area (Å²) in [6.07, 6.45) is 6.79. The number of amides is 2. The number of morpholine rings is 1. The van der Waals surface area contributed by atoms with Crippen LogP contribution in [0.25, 0.3) is 5.57 Å². The maximum absolute atomic E-state index is 13.4. The summed E-state index contributed by atoms with van der Waals surface area (Å²) < 4.78 is 5.47. The lowest BCUT2D eigenvalue weighted by molar-refractivity contribution is -0.137. The summed E-state index contributed by atoms with van der Waals surface area (Å²) in [5.41, 5.74) is 4.20. The fourth-order valence-corrected chi connectivity index (χ4v) is 4.23. The zero-order valence-corrected chi connectivity index (χ0v) is 18.1. The van der Waals surface area contributed by atoms with Crippen LogP contribution < -0.4 is 0 Å². The molecule has 0 N–H and O–H groups in total. The van der Waals surface area contributed by atoms with Gasteiger partial charge in [0.2, 0.25) is 0 Å². The highest BCUT2D eigenvalue weighted by Gasteiger charge is 2.41. The van der Waals surface area contributed by atoms with Gasteiger partial charge in [0, 0.05) is 19.6 Å². The van der Waals surface area contributed by atoms with Crippen LogP contribution in [0.4, 0.5) is 0 Å². The molecule has 3 rings (SSSR count). The number of benzene rings is 1. The van der Waals surface area contributed by atoms with Crippen molar-refractivity contribution >= 4 is 17.4 Å². The van der Waals surface area contributed by atoms with Crippen molar-refractivity contribution in [1.82, 2.24) is 9.80 Å². The first-order valence-corrected chi connectivity index (χ1v) is 11.1. The maximum atomic E-state index is 13.4. The molecule has 2 aliphatic heterocycles. The lowest BCUT2D eigenvalue weighted by Gasteiger charge is -2.29. The molecule has 2 amide bonds. The van der Waals surface area contributed by atoms with E-state index in [1.165, 1.54) is 24.2 Å². The van der Waals surface area contributed by atoms with E-state index in [-0.39, 0.29) is 11.8 Å². The Balaban J connectivity index is 1.83. The van der Waals surface area contributed by atoms with Gasteiger partial charge >= 0.3 is 0 Å². The van der Waals surface area contributed by atoms with E-state index in [0.717, 1.165) is 36.0 Å². The highest BCUT2D eigenvalue weighted by atomic mass is 16.5. The van der Waals surface area contributed by atoms with Crippen molar-refractivity contribution in [3.05, 3.63) is 40.6 Å². The maximum Gasteiger partial charge on any atom is 0.277 e. The molecule has 0 atom stereocenters. The molecule has 2 aliphatic rings. The van der Waals surface area contributed by atoms with E-state index in [0.29, 0.717) is 44.1 Å². The number of nitrogens with zero attached hydrogens (tertiary/aromatic N) is 2. The summed E-state index contributed by atoms with van der Waals surface area (Å²) in [6.45, 7) is 9.23. The third-order valence-electron chi connectivity index (χ3n) is 5.86. The van der Waals surface area contributed by atoms with Crippen molar-refractivity contribution in [2.45, 2.75) is 59.3 Å². The molecule has 158 valence electrons. The van der Waals surface area contributed by atoms with Crippen molar-refractivity contribution in [2.75, 3.05) is 32.8 Å². The Morgan fingerprint density at radius 3 is 2.31 bits per heavy atom. The van der Waals surface area contributed by atoms with Gasteiger partial charge in [-0.15, -0.1) is 0 Å². The van der Waals surface area contributed by atoms with E-state index in [1.807, 2.05) is 30.9 Å². The van der Waals surface area contributed by atoms with Gasteiger partial charge in [0.05, 0.1) is 18.8 Å². The molecule has 0 saturated carbocycles. The second-order valence-electron chi connectivity index (χ2n) is 8.17. The molecule has 0 spiro atoms. The zero-order valence-electron chi connectivity index (χ0n) is 18.1. The fraction of sp³-hybridized carbons (Fsp3) is 0.583. The van der Waals surface area contributed by atoms with E-state index in [4.69, 9.17) is 4.74 Å². The second kappa shape index (κ2) is 10.1. The number of aryl methyl sites for hydroxylation is 2. The molecule has 0 bridgehead atoms. The number of unbranched alkanes of at least 4 members (excludes halogenated alkanes) is 5. The SMILES string of the molecule is CCCCCCCCN1C(=O)C(c2ccc(C)cc2C)=C(N2CCOCC2)C1=O. The Morgan fingerprint density at radius 1 is 0.931 bits per heavy atom. The van der Waals surface area contributed by atoms with E-state index in [2.05, 4.69) is 13.0 Å². The van der Waals surface area contributed by atoms with Crippen LogP contribution in [0.5, 0.6) is 0 Å². The number of ether oxygens (including phenoxy) is 1. The Hall–Kier alpha value is -2.14. The minimum Gasteiger partial charge on any atom is -0.378 e. The normalized spacial score (nSPS) is 17.6. The number of hydrogen-bond donors (Lipinski definition) is 0. The fourth-order valence-electron chi connectivity index (χ4n) is 4.23. The largest absolute Gasteiger partial charge is 0.378 e. The molecule has 5 heteroatoms. The predicted octanol–water partition coefficient (Wildman–Crippen LogP) is 4.08. The molecule has 1 aromatic rings. The third kappa shape index (κ3) is 4.89. The smallest absolute Gasteiger partial charge is 0.277 e.